The minimum absolute atomic E-state index is 0.0471. The van der Waals surface area contributed by atoms with Gasteiger partial charge in [-0.05, 0) is 34.7 Å². The smallest absolute Gasteiger partial charge is 0.141 e. The molecule has 2 rings (SSSR count). The molecule has 1 heterocycles. The second kappa shape index (κ2) is 2.77. The van der Waals surface area contributed by atoms with E-state index in [9.17, 15) is 5.11 Å². The fourth-order valence-electron chi connectivity index (χ4n) is 1.26. The first-order valence-electron chi connectivity index (χ1n) is 3.60. The van der Waals surface area contributed by atoms with Crippen LogP contribution in [0.15, 0.2) is 12.1 Å². The van der Waals surface area contributed by atoms with Crippen molar-refractivity contribution < 1.29 is 9.84 Å². The van der Waals surface area contributed by atoms with Gasteiger partial charge in [0.05, 0.1) is 9.61 Å². The number of aromatic hydroxyl groups is 1. The van der Waals surface area contributed by atoms with Crippen LogP contribution in [0.4, 0.5) is 0 Å². The van der Waals surface area contributed by atoms with Crippen LogP contribution in [0.1, 0.15) is 11.6 Å². The molecule has 0 aromatic heterocycles. The molecular formula is C8H8INO2. The number of nitrogens with two attached hydrogens (primary N) is 1. The lowest BCUT2D eigenvalue weighted by atomic mass is 10.1. The number of rotatable bonds is 0. The SMILES string of the molecule is NC1COc2c1ccc(O)c2I. The highest BCUT2D eigenvalue weighted by molar-refractivity contribution is 14.1. The van der Waals surface area contributed by atoms with Gasteiger partial charge < -0.3 is 15.6 Å². The number of hydrogen-bond acceptors (Lipinski definition) is 3. The zero-order chi connectivity index (χ0) is 8.72. The highest BCUT2D eigenvalue weighted by Crippen LogP contribution is 2.39. The summed E-state index contributed by atoms with van der Waals surface area (Å²) in [5.41, 5.74) is 6.74. The van der Waals surface area contributed by atoms with Crippen molar-refractivity contribution in [2.45, 2.75) is 6.04 Å². The molecule has 0 bridgehead atoms. The number of ether oxygens (including phenoxy) is 1. The maximum atomic E-state index is 9.34. The average Bonchev–Trinajstić information content (AvgIpc) is 2.41. The number of fused-ring (bicyclic) bond motifs is 1. The van der Waals surface area contributed by atoms with E-state index in [4.69, 9.17) is 10.5 Å². The molecule has 1 unspecified atom stereocenters. The molecule has 4 heteroatoms. The maximum absolute atomic E-state index is 9.34. The minimum atomic E-state index is -0.0471. The second-order valence-electron chi connectivity index (χ2n) is 2.73. The predicted octanol–water partition coefficient (Wildman–Crippen LogP) is 1.39. The molecule has 12 heavy (non-hydrogen) atoms. The fourth-order valence-corrected chi connectivity index (χ4v) is 1.91. The highest BCUT2D eigenvalue weighted by atomic mass is 127. The van der Waals surface area contributed by atoms with Crippen molar-refractivity contribution in [3.05, 3.63) is 21.3 Å². The molecule has 1 atom stereocenters. The standard InChI is InChI=1S/C8H8INO2/c9-7-6(11)2-1-4-5(10)3-12-8(4)7/h1-2,5,11H,3,10H2. The number of benzene rings is 1. The Kier molecular flexibility index (Phi) is 1.88. The van der Waals surface area contributed by atoms with Crippen molar-refractivity contribution in [3.8, 4) is 11.5 Å². The Hall–Kier alpha value is -0.490. The molecule has 3 N–H and O–H groups in total. The third-order valence-electron chi connectivity index (χ3n) is 1.91. The summed E-state index contributed by atoms with van der Waals surface area (Å²) in [6.45, 7) is 0.509. The molecule has 1 aliphatic rings. The van der Waals surface area contributed by atoms with Crippen LogP contribution in [-0.4, -0.2) is 11.7 Å². The maximum Gasteiger partial charge on any atom is 0.141 e. The summed E-state index contributed by atoms with van der Waals surface area (Å²) in [7, 11) is 0. The number of phenols is 1. The molecule has 64 valence electrons. The molecule has 0 spiro atoms. The molecule has 1 aromatic rings. The van der Waals surface area contributed by atoms with Crippen molar-refractivity contribution in [2.75, 3.05) is 6.61 Å². The number of phenolic OH excluding ortho intramolecular Hbond substituents is 1. The van der Waals surface area contributed by atoms with Gasteiger partial charge in [0.25, 0.3) is 0 Å². The van der Waals surface area contributed by atoms with Gasteiger partial charge in [-0.25, -0.2) is 0 Å². The van der Waals surface area contributed by atoms with Gasteiger partial charge in [-0.2, -0.15) is 0 Å². The number of halogens is 1. The molecule has 1 aliphatic heterocycles. The van der Waals surface area contributed by atoms with E-state index in [1.54, 1.807) is 6.07 Å². The van der Waals surface area contributed by atoms with Crippen LogP contribution >= 0.6 is 22.6 Å². The largest absolute Gasteiger partial charge is 0.507 e. The molecule has 0 aliphatic carbocycles. The monoisotopic (exact) mass is 277 g/mol. The molecule has 1 aromatic carbocycles. The molecule has 0 amide bonds. The lowest BCUT2D eigenvalue weighted by molar-refractivity contribution is 0.329. The van der Waals surface area contributed by atoms with Crippen LogP contribution in [-0.2, 0) is 0 Å². The Morgan fingerprint density at radius 2 is 2.33 bits per heavy atom. The van der Waals surface area contributed by atoms with Crippen LogP contribution in [0, 0.1) is 3.57 Å². The van der Waals surface area contributed by atoms with E-state index in [2.05, 4.69) is 22.6 Å². The lowest BCUT2D eigenvalue weighted by Crippen LogP contribution is -2.10. The zero-order valence-corrected chi connectivity index (χ0v) is 8.41. The van der Waals surface area contributed by atoms with E-state index in [0.29, 0.717) is 6.61 Å². The molecule has 3 nitrogen and oxygen atoms in total. The summed E-state index contributed by atoms with van der Waals surface area (Å²) in [6.07, 6.45) is 0. The average molecular weight is 277 g/mol. The number of hydrogen-bond donors (Lipinski definition) is 2. The molecule has 0 radical (unpaired) electrons. The fraction of sp³-hybridized carbons (Fsp3) is 0.250. The molecule has 0 saturated carbocycles. The Labute approximate surface area is 83.7 Å². The Morgan fingerprint density at radius 1 is 1.58 bits per heavy atom. The van der Waals surface area contributed by atoms with Crippen LogP contribution in [0.2, 0.25) is 0 Å². The Bertz CT molecular complexity index is 327. The van der Waals surface area contributed by atoms with E-state index >= 15 is 0 Å². The Balaban J connectivity index is 2.60. The summed E-state index contributed by atoms with van der Waals surface area (Å²) >= 11 is 2.05. The van der Waals surface area contributed by atoms with Gasteiger partial charge in [-0.15, -0.1) is 0 Å². The first kappa shape index (κ1) is 8.12. The van der Waals surface area contributed by atoms with E-state index in [-0.39, 0.29) is 11.8 Å². The van der Waals surface area contributed by atoms with Gasteiger partial charge in [0.15, 0.2) is 0 Å². The van der Waals surface area contributed by atoms with E-state index < -0.39 is 0 Å². The Morgan fingerprint density at radius 3 is 3.08 bits per heavy atom. The van der Waals surface area contributed by atoms with Gasteiger partial charge in [0.2, 0.25) is 0 Å². The van der Waals surface area contributed by atoms with Crippen molar-refractivity contribution in [1.82, 2.24) is 0 Å². The van der Waals surface area contributed by atoms with Gasteiger partial charge in [-0.1, -0.05) is 0 Å². The molecule has 0 fully saturated rings. The second-order valence-corrected chi connectivity index (χ2v) is 3.81. The van der Waals surface area contributed by atoms with Crippen molar-refractivity contribution >= 4 is 22.6 Å². The summed E-state index contributed by atoms with van der Waals surface area (Å²) in [6, 6.07) is 3.41. The minimum Gasteiger partial charge on any atom is -0.507 e. The van der Waals surface area contributed by atoms with Gasteiger partial charge in [0, 0.05) is 5.56 Å². The van der Waals surface area contributed by atoms with Crippen LogP contribution < -0.4 is 10.5 Å². The summed E-state index contributed by atoms with van der Waals surface area (Å²) in [5.74, 6) is 0.992. The lowest BCUT2D eigenvalue weighted by Gasteiger charge is -2.03. The van der Waals surface area contributed by atoms with Crippen LogP contribution in [0.25, 0.3) is 0 Å². The van der Waals surface area contributed by atoms with Crippen LogP contribution in [0.3, 0.4) is 0 Å². The quantitative estimate of drug-likeness (QED) is 0.704. The topological polar surface area (TPSA) is 55.5 Å². The first-order valence-corrected chi connectivity index (χ1v) is 4.68. The van der Waals surface area contributed by atoms with Crippen LogP contribution in [0.5, 0.6) is 11.5 Å². The third kappa shape index (κ3) is 1.06. The summed E-state index contributed by atoms with van der Waals surface area (Å²) in [5, 5.41) is 9.34. The predicted molar refractivity (Wildman–Crippen MR) is 53.2 cm³/mol. The summed E-state index contributed by atoms with van der Waals surface area (Å²) in [4.78, 5) is 0. The van der Waals surface area contributed by atoms with E-state index in [1.807, 2.05) is 6.07 Å². The molecular weight excluding hydrogens is 269 g/mol. The van der Waals surface area contributed by atoms with Gasteiger partial charge in [-0.3, -0.25) is 0 Å². The first-order chi connectivity index (χ1) is 5.70. The zero-order valence-electron chi connectivity index (χ0n) is 6.25. The van der Waals surface area contributed by atoms with Crippen molar-refractivity contribution in [3.63, 3.8) is 0 Å². The van der Waals surface area contributed by atoms with Crippen molar-refractivity contribution in [2.24, 2.45) is 5.73 Å². The van der Waals surface area contributed by atoms with Gasteiger partial charge in [0.1, 0.15) is 18.1 Å². The van der Waals surface area contributed by atoms with E-state index in [1.165, 1.54) is 0 Å². The van der Waals surface area contributed by atoms with E-state index in [0.717, 1.165) is 14.9 Å². The molecule has 0 saturated heterocycles. The van der Waals surface area contributed by atoms with Gasteiger partial charge >= 0.3 is 0 Å². The summed E-state index contributed by atoms with van der Waals surface area (Å²) < 4.78 is 6.08. The normalized spacial score (nSPS) is 20.3. The van der Waals surface area contributed by atoms with Crippen molar-refractivity contribution in [1.29, 1.82) is 0 Å². The highest BCUT2D eigenvalue weighted by Gasteiger charge is 2.23. The third-order valence-corrected chi connectivity index (χ3v) is 2.96.